The Morgan fingerprint density at radius 3 is 2.48 bits per heavy atom. The minimum absolute atomic E-state index is 0.406. The lowest BCUT2D eigenvalue weighted by Gasteiger charge is -2.33. The molecule has 0 atom stereocenters. The second-order valence-electron chi connectivity index (χ2n) is 6.68. The summed E-state index contributed by atoms with van der Waals surface area (Å²) in [6, 6.07) is 0. The molecular formula is C15H24N4O2. The van der Waals surface area contributed by atoms with Crippen molar-refractivity contribution < 1.29 is 9.90 Å². The maximum atomic E-state index is 11.8. The first-order chi connectivity index (χ1) is 10.2. The molecule has 0 amide bonds. The molecule has 0 bridgehead atoms. The Bertz CT molecular complexity index is 488. The summed E-state index contributed by atoms with van der Waals surface area (Å²) >= 11 is 0. The topological polar surface area (TPSA) is 80.9 Å². The molecule has 6 heteroatoms. The largest absolute Gasteiger partial charge is 0.481 e. The van der Waals surface area contributed by atoms with Gasteiger partial charge in [-0.15, -0.1) is 5.10 Å². The maximum Gasteiger partial charge on any atom is 0.311 e. The summed E-state index contributed by atoms with van der Waals surface area (Å²) in [5.41, 5.74) is -0.670. The van der Waals surface area contributed by atoms with E-state index < -0.39 is 11.4 Å². The maximum absolute atomic E-state index is 11.8. The first-order valence-corrected chi connectivity index (χ1v) is 8.21. The molecule has 0 aromatic carbocycles. The van der Waals surface area contributed by atoms with Crippen LogP contribution in [0.15, 0.2) is 0 Å². The molecule has 0 aliphatic heterocycles. The number of carbonyl (C=O) groups is 1. The fourth-order valence-corrected chi connectivity index (χ4v) is 3.93. The zero-order chi connectivity index (χ0) is 14.7. The van der Waals surface area contributed by atoms with Gasteiger partial charge in [0.15, 0.2) is 5.82 Å². The van der Waals surface area contributed by atoms with Gasteiger partial charge >= 0.3 is 5.97 Å². The van der Waals surface area contributed by atoms with Crippen LogP contribution in [0.5, 0.6) is 0 Å². The zero-order valence-corrected chi connectivity index (χ0v) is 12.5. The predicted molar refractivity (Wildman–Crippen MR) is 76.8 cm³/mol. The van der Waals surface area contributed by atoms with Crippen molar-refractivity contribution in [2.24, 2.45) is 5.41 Å². The van der Waals surface area contributed by atoms with Gasteiger partial charge in [-0.1, -0.05) is 38.5 Å². The second-order valence-corrected chi connectivity index (χ2v) is 6.68. The van der Waals surface area contributed by atoms with Crippen molar-refractivity contribution in [1.82, 2.24) is 20.2 Å². The van der Waals surface area contributed by atoms with Gasteiger partial charge in [0.2, 0.25) is 0 Å². The van der Waals surface area contributed by atoms with Gasteiger partial charge in [0.25, 0.3) is 0 Å². The Morgan fingerprint density at radius 1 is 1.14 bits per heavy atom. The molecule has 1 heterocycles. The summed E-state index contributed by atoms with van der Waals surface area (Å²) in [4.78, 5) is 11.8. The van der Waals surface area contributed by atoms with E-state index >= 15 is 0 Å². The van der Waals surface area contributed by atoms with Crippen molar-refractivity contribution in [2.75, 3.05) is 0 Å². The summed E-state index contributed by atoms with van der Waals surface area (Å²) in [6.07, 6.45) is 10.6. The normalized spacial score (nSPS) is 23.0. The molecular weight excluding hydrogens is 268 g/mol. The fraction of sp³-hybridized carbons (Fsp3) is 0.867. The van der Waals surface area contributed by atoms with E-state index in [1.807, 2.05) is 0 Å². The number of tetrazole rings is 1. The Morgan fingerprint density at radius 2 is 1.81 bits per heavy atom. The number of nitrogens with zero attached hydrogens (tertiary/aromatic N) is 4. The standard InChI is InChI=1S/C15H24N4O2/c20-14(21)15(9-5-2-6-10-15)11-19-13(16-17-18-19)12-7-3-1-4-8-12/h12H,1-11H2,(H,20,21). The van der Waals surface area contributed by atoms with Gasteiger partial charge < -0.3 is 5.11 Å². The van der Waals surface area contributed by atoms with Crippen molar-refractivity contribution in [3.63, 3.8) is 0 Å². The summed E-state index contributed by atoms with van der Waals surface area (Å²) in [6.45, 7) is 0.432. The minimum Gasteiger partial charge on any atom is -0.481 e. The zero-order valence-electron chi connectivity index (χ0n) is 12.5. The van der Waals surface area contributed by atoms with Gasteiger partial charge in [0.1, 0.15) is 0 Å². The molecule has 116 valence electrons. The minimum atomic E-state index is -0.688. The van der Waals surface area contributed by atoms with E-state index in [0.717, 1.165) is 50.8 Å². The molecule has 21 heavy (non-hydrogen) atoms. The van der Waals surface area contributed by atoms with Gasteiger partial charge in [-0.25, -0.2) is 4.68 Å². The van der Waals surface area contributed by atoms with Crippen LogP contribution in [0.2, 0.25) is 0 Å². The van der Waals surface area contributed by atoms with E-state index in [0.29, 0.717) is 12.5 Å². The van der Waals surface area contributed by atoms with Crippen molar-refractivity contribution in [2.45, 2.75) is 76.7 Å². The highest BCUT2D eigenvalue weighted by molar-refractivity contribution is 5.74. The fourth-order valence-electron chi connectivity index (χ4n) is 3.93. The molecule has 0 unspecified atom stereocenters. The molecule has 2 saturated carbocycles. The number of carboxylic acids is 1. The molecule has 2 fully saturated rings. The first kappa shape index (κ1) is 14.5. The monoisotopic (exact) mass is 292 g/mol. The van der Waals surface area contributed by atoms with E-state index in [1.165, 1.54) is 19.3 Å². The Balaban J connectivity index is 1.80. The lowest BCUT2D eigenvalue weighted by molar-refractivity contribution is -0.152. The highest BCUT2D eigenvalue weighted by Gasteiger charge is 2.41. The molecule has 6 nitrogen and oxygen atoms in total. The molecule has 1 aromatic heterocycles. The summed E-state index contributed by atoms with van der Waals surface area (Å²) in [7, 11) is 0. The van der Waals surface area contributed by atoms with Crippen molar-refractivity contribution in [3.8, 4) is 0 Å². The van der Waals surface area contributed by atoms with Crippen molar-refractivity contribution in [1.29, 1.82) is 0 Å². The first-order valence-electron chi connectivity index (χ1n) is 8.21. The summed E-state index contributed by atoms with van der Waals surface area (Å²) < 4.78 is 1.79. The molecule has 2 aliphatic rings. The number of rotatable bonds is 4. The Labute approximate surface area is 124 Å². The van der Waals surface area contributed by atoms with E-state index in [4.69, 9.17) is 0 Å². The molecule has 0 saturated heterocycles. The van der Waals surface area contributed by atoms with E-state index in [-0.39, 0.29) is 0 Å². The van der Waals surface area contributed by atoms with Crippen LogP contribution in [0.25, 0.3) is 0 Å². The molecule has 0 spiro atoms. The highest BCUT2D eigenvalue weighted by atomic mass is 16.4. The molecule has 1 aromatic rings. The van der Waals surface area contributed by atoms with Gasteiger partial charge in [0.05, 0.1) is 12.0 Å². The van der Waals surface area contributed by atoms with Crippen LogP contribution in [-0.4, -0.2) is 31.3 Å². The quantitative estimate of drug-likeness (QED) is 0.922. The van der Waals surface area contributed by atoms with Crippen LogP contribution in [0.4, 0.5) is 0 Å². The second kappa shape index (κ2) is 6.12. The third-order valence-corrected chi connectivity index (χ3v) is 5.25. The van der Waals surface area contributed by atoms with Gasteiger partial charge in [-0.05, 0) is 36.1 Å². The van der Waals surface area contributed by atoms with Crippen molar-refractivity contribution >= 4 is 5.97 Å². The van der Waals surface area contributed by atoms with Crippen LogP contribution in [0.1, 0.15) is 76.0 Å². The van der Waals surface area contributed by atoms with Gasteiger partial charge in [-0.3, -0.25) is 4.79 Å². The van der Waals surface area contributed by atoms with E-state index in [9.17, 15) is 9.90 Å². The van der Waals surface area contributed by atoms with Gasteiger partial charge in [0, 0.05) is 5.92 Å². The van der Waals surface area contributed by atoms with E-state index in [2.05, 4.69) is 15.5 Å². The summed E-state index contributed by atoms with van der Waals surface area (Å²) in [5, 5.41) is 21.8. The summed E-state index contributed by atoms with van der Waals surface area (Å²) in [5.74, 6) is 0.622. The van der Waals surface area contributed by atoms with Crippen LogP contribution in [0.3, 0.4) is 0 Å². The molecule has 3 rings (SSSR count). The number of hydrogen-bond donors (Lipinski definition) is 1. The molecule has 2 aliphatic carbocycles. The van der Waals surface area contributed by atoms with Crippen LogP contribution in [0, 0.1) is 5.41 Å². The number of carboxylic acid groups (broad SMARTS) is 1. The average Bonchev–Trinajstić information content (AvgIpc) is 2.97. The third kappa shape index (κ3) is 2.94. The lowest BCUT2D eigenvalue weighted by Crippen LogP contribution is -2.38. The van der Waals surface area contributed by atoms with Crippen LogP contribution < -0.4 is 0 Å². The SMILES string of the molecule is O=C(O)C1(Cn2nnnc2C2CCCCC2)CCCCC1. The van der Waals surface area contributed by atoms with E-state index in [1.54, 1.807) is 4.68 Å². The molecule has 0 radical (unpaired) electrons. The lowest BCUT2D eigenvalue weighted by atomic mass is 9.74. The predicted octanol–water partition coefficient (Wildman–Crippen LogP) is 2.76. The number of aromatic nitrogens is 4. The number of hydrogen-bond acceptors (Lipinski definition) is 4. The molecule has 1 N–H and O–H groups in total. The number of aliphatic carboxylic acids is 1. The van der Waals surface area contributed by atoms with Crippen molar-refractivity contribution in [3.05, 3.63) is 5.82 Å². The Hall–Kier alpha value is -1.46. The third-order valence-electron chi connectivity index (χ3n) is 5.25. The highest BCUT2D eigenvalue weighted by Crippen LogP contribution is 2.39. The average molecular weight is 292 g/mol. The Kier molecular flexibility index (Phi) is 4.22. The van der Waals surface area contributed by atoms with Gasteiger partial charge in [-0.2, -0.15) is 0 Å². The van der Waals surface area contributed by atoms with Crippen LogP contribution >= 0.6 is 0 Å². The smallest absolute Gasteiger partial charge is 0.311 e. The van der Waals surface area contributed by atoms with Crippen LogP contribution in [-0.2, 0) is 11.3 Å².